The summed E-state index contributed by atoms with van der Waals surface area (Å²) in [6, 6.07) is 84.2. The molecule has 0 saturated heterocycles. The van der Waals surface area contributed by atoms with E-state index in [4.69, 9.17) is 0 Å². The molecule has 0 aliphatic rings. The van der Waals surface area contributed by atoms with Gasteiger partial charge in [-0.25, -0.2) is 0 Å². The van der Waals surface area contributed by atoms with Gasteiger partial charge >= 0.3 is 0 Å². The number of anilines is 5. The highest BCUT2D eigenvalue weighted by Gasteiger charge is 2.14. The Morgan fingerprint density at radius 3 is 0.643 bits per heavy atom. The van der Waals surface area contributed by atoms with Gasteiger partial charge in [-0.2, -0.15) is 0 Å². The number of hydrogen-bond acceptors (Lipinski definition) is 2. The summed E-state index contributed by atoms with van der Waals surface area (Å²) in [6.07, 6.45) is 0. The van der Waals surface area contributed by atoms with Crippen LogP contribution in [-0.4, -0.2) is 0 Å². The first kappa shape index (κ1) is 34.4. The van der Waals surface area contributed by atoms with Crippen molar-refractivity contribution in [3.05, 3.63) is 237 Å². The molecule has 0 unspecified atom stereocenters. The maximum Gasteiger partial charge on any atom is 0.0462 e. The van der Waals surface area contributed by atoms with Gasteiger partial charge in [0.25, 0.3) is 0 Å². The summed E-state index contributed by atoms with van der Waals surface area (Å²) in [5.74, 6) is 0. The Morgan fingerprint density at radius 1 is 0.196 bits per heavy atom. The van der Waals surface area contributed by atoms with Gasteiger partial charge in [-0.3, -0.25) is 0 Å². The lowest BCUT2D eigenvalue weighted by Gasteiger charge is -2.26. The summed E-state index contributed by atoms with van der Waals surface area (Å²) in [4.78, 5) is 2.32. The van der Waals surface area contributed by atoms with Crippen molar-refractivity contribution in [1.29, 1.82) is 0 Å². The first-order chi connectivity index (χ1) is 27.7. The summed E-state index contributed by atoms with van der Waals surface area (Å²) in [5.41, 5.74) is 17.4. The Kier molecular flexibility index (Phi) is 9.75. The lowest BCUT2D eigenvalue weighted by Crippen LogP contribution is -2.09. The molecule has 9 aromatic rings. The SMILES string of the molecule is c1ccc(-c2ccc(-c3ccc(Nc4ccc(-c5ccc(N(c6ccc(-c7ccccc7)cc6)c6ccc(-c7ccccc7)cc6)cc5)cc4)cc3)cc2)cc1. The lowest BCUT2D eigenvalue weighted by molar-refractivity contribution is 1.28. The minimum Gasteiger partial charge on any atom is -0.356 e. The lowest BCUT2D eigenvalue weighted by atomic mass is 10.0. The zero-order chi connectivity index (χ0) is 37.5. The second kappa shape index (κ2) is 15.9. The first-order valence-electron chi connectivity index (χ1n) is 19.1. The fourth-order valence-corrected chi connectivity index (χ4v) is 7.26. The number of nitrogens with one attached hydrogen (secondary N) is 1. The Balaban J connectivity index is 0.916. The van der Waals surface area contributed by atoms with E-state index in [9.17, 15) is 0 Å². The van der Waals surface area contributed by atoms with E-state index in [2.05, 4.69) is 247 Å². The van der Waals surface area contributed by atoms with Gasteiger partial charge in [-0.15, -0.1) is 0 Å². The van der Waals surface area contributed by atoms with Crippen LogP contribution in [0.5, 0.6) is 0 Å². The number of nitrogens with zero attached hydrogens (tertiary/aromatic N) is 1. The van der Waals surface area contributed by atoms with E-state index in [1.165, 1.54) is 55.6 Å². The highest BCUT2D eigenvalue weighted by molar-refractivity contribution is 5.81. The zero-order valence-electron chi connectivity index (χ0n) is 31.0. The average molecular weight is 717 g/mol. The van der Waals surface area contributed by atoms with Crippen molar-refractivity contribution in [2.45, 2.75) is 0 Å². The maximum atomic E-state index is 3.57. The second-order valence-electron chi connectivity index (χ2n) is 13.9. The molecule has 0 fully saturated rings. The molecule has 266 valence electrons. The Labute approximate surface area is 329 Å². The molecule has 0 radical (unpaired) electrons. The molecule has 0 aromatic heterocycles. The van der Waals surface area contributed by atoms with Gasteiger partial charge in [0.15, 0.2) is 0 Å². The Hall–Kier alpha value is -7.42. The molecule has 0 aliphatic heterocycles. The monoisotopic (exact) mass is 716 g/mol. The van der Waals surface area contributed by atoms with Crippen LogP contribution in [0.4, 0.5) is 28.4 Å². The predicted octanol–water partition coefficient (Wildman–Crippen LogP) is 15.2. The summed E-state index contributed by atoms with van der Waals surface area (Å²) in [7, 11) is 0. The Morgan fingerprint density at radius 2 is 0.393 bits per heavy atom. The van der Waals surface area contributed by atoms with Crippen LogP contribution in [0, 0.1) is 0 Å². The van der Waals surface area contributed by atoms with E-state index in [0.29, 0.717) is 0 Å². The molecule has 0 atom stereocenters. The van der Waals surface area contributed by atoms with E-state index >= 15 is 0 Å². The van der Waals surface area contributed by atoms with E-state index < -0.39 is 0 Å². The quantitative estimate of drug-likeness (QED) is 0.152. The van der Waals surface area contributed by atoms with Gasteiger partial charge in [-0.05, 0) is 116 Å². The minimum absolute atomic E-state index is 1.05. The summed E-state index contributed by atoms with van der Waals surface area (Å²) < 4.78 is 0. The molecule has 1 N–H and O–H groups in total. The molecule has 9 aromatic carbocycles. The number of hydrogen-bond donors (Lipinski definition) is 1. The van der Waals surface area contributed by atoms with Crippen LogP contribution in [0.3, 0.4) is 0 Å². The van der Waals surface area contributed by atoms with Crippen molar-refractivity contribution in [1.82, 2.24) is 0 Å². The standard InChI is InChI=1S/C54H40N2/c1-4-10-40(11-5-1)43-16-18-44(19-17-43)45-20-30-50(31-21-45)55-51-32-22-46(23-33-51)49-28-38-54(39-29-49)56(52-34-24-47(25-35-52)41-12-6-2-7-13-41)53-36-26-48(27-37-53)42-14-8-3-9-15-42/h1-39,55H. The van der Waals surface area contributed by atoms with Crippen molar-refractivity contribution >= 4 is 28.4 Å². The molecule has 2 nitrogen and oxygen atoms in total. The highest BCUT2D eigenvalue weighted by atomic mass is 15.1. The van der Waals surface area contributed by atoms with Crippen LogP contribution in [0.15, 0.2) is 237 Å². The third-order valence-corrected chi connectivity index (χ3v) is 10.3. The molecule has 0 heterocycles. The van der Waals surface area contributed by atoms with E-state index in [-0.39, 0.29) is 0 Å². The second-order valence-corrected chi connectivity index (χ2v) is 13.9. The largest absolute Gasteiger partial charge is 0.356 e. The van der Waals surface area contributed by atoms with Crippen molar-refractivity contribution in [2.75, 3.05) is 10.2 Å². The van der Waals surface area contributed by atoms with Crippen molar-refractivity contribution in [3.8, 4) is 55.6 Å². The fourth-order valence-electron chi connectivity index (χ4n) is 7.26. The van der Waals surface area contributed by atoms with Crippen LogP contribution >= 0.6 is 0 Å². The van der Waals surface area contributed by atoms with Crippen molar-refractivity contribution in [3.63, 3.8) is 0 Å². The van der Waals surface area contributed by atoms with Gasteiger partial charge in [0, 0.05) is 28.4 Å². The fraction of sp³-hybridized carbons (Fsp3) is 0. The first-order valence-corrected chi connectivity index (χ1v) is 19.1. The predicted molar refractivity (Wildman–Crippen MR) is 238 cm³/mol. The maximum absolute atomic E-state index is 3.57. The normalized spacial score (nSPS) is 10.9. The van der Waals surface area contributed by atoms with Crippen LogP contribution < -0.4 is 10.2 Å². The third-order valence-electron chi connectivity index (χ3n) is 10.3. The van der Waals surface area contributed by atoms with Gasteiger partial charge in [-0.1, -0.05) is 176 Å². The third kappa shape index (κ3) is 7.64. The van der Waals surface area contributed by atoms with Crippen molar-refractivity contribution in [2.24, 2.45) is 0 Å². The van der Waals surface area contributed by atoms with E-state index in [1.807, 2.05) is 0 Å². The van der Waals surface area contributed by atoms with Crippen LogP contribution in [0.25, 0.3) is 55.6 Å². The zero-order valence-corrected chi connectivity index (χ0v) is 31.0. The molecule has 0 saturated carbocycles. The number of benzene rings is 9. The summed E-state index contributed by atoms with van der Waals surface area (Å²) in [6.45, 7) is 0. The van der Waals surface area contributed by atoms with Crippen LogP contribution in [-0.2, 0) is 0 Å². The van der Waals surface area contributed by atoms with Gasteiger partial charge in [0.1, 0.15) is 0 Å². The van der Waals surface area contributed by atoms with Crippen LogP contribution in [0.1, 0.15) is 0 Å². The molecule has 9 rings (SSSR count). The molecule has 0 spiro atoms. The van der Waals surface area contributed by atoms with Crippen molar-refractivity contribution < 1.29 is 0 Å². The van der Waals surface area contributed by atoms with Gasteiger partial charge in [0.05, 0.1) is 0 Å². The highest BCUT2D eigenvalue weighted by Crippen LogP contribution is 2.38. The van der Waals surface area contributed by atoms with Crippen LogP contribution in [0.2, 0.25) is 0 Å². The summed E-state index contributed by atoms with van der Waals surface area (Å²) >= 11 is 0. The smallest absolute Gasteiger partial charge is 0.0462 e. The molecule has 56 heavy (non-hydrogen) atoms. The minimum atomic E-state index is 1.05. The van der Waals surface area contributed by atoms with Gasteiger partial charge < -0.3 is 10.2 Å². The molecular weight excluding hydrogens is 677 g/mol. The van der Waals surface area contributed by atoms with Gasteiger partial charge in [0.2, 0.25) is 0 Å². The summed E-state index contributed by atoms with van der Waals surface area (Å²) in [5, 5.41) is 3.57. The van der Waals surface area contributed by atoms with E-state index in [0.717, 1.165) is 28.4 Å². The molecule has 2 heteroatoms. The molecule has 0 aliphatic carbocycles. The van der Waals surface area contributed by atoms with E-state index in [1.54, 1.807) is 0 Å². The molecular formula is C54H40N2. The topological polar surface area (TPSA) is 15.3 Å². The molecule has 0 bridgehead atoms. The Bertz CT molecular complexity index is 2530. The number of rotatable bonds is 10. The average Bonchev–Trinajstić information content (AvgIpc) is 3.29. The molecule has 0 amide bonds.